The van der Waals surface area contributed by atoms with Gasteiger partial charge in [-0.3, -0.25) is 0 Å². The van der Waals surface area contributed by atoms with Gasteiger partial charge in [-0.1, -0.05) is 40.0 Å². The summed E-state index contributed by atoms with van der Waals surface area (Å²) in [5.74, 6) is 6.28. The third kappa shape index (κ3) is 2.90. The van der Waals surface area contributed by atoms with Gasteiger partial charge < -0.3 is 5.32 Å². The second-order valence-electron chi connectivity index (χ2n) is 11.2. The summed E-state index contributed by atoms with van der Waals surface area (Å²) in [6.45, 7) is 9.18. The second kappa shape index (κ2) is 7.41. The Balaban J connectivity index is 1.56. The zero-order valence-corrected chi connectivity index (χ0v) is 18.2. The van der Waals surface area contributed by atoms with E-state index in [1.165, 1.54) is 45.1 Å². The zero-order chi connectivity index (χ0) is 18.4. The monoisotopic (exact) mass is 359 g/mol. The lowest BCUT2D eigenvalue weighted by atomic mass is 9.42. The van der Waals surface area contributed by atoms with Crippen LogP contribution in [0.25, 0.3) is 0 Å². The molecule has 1 N–H and O–H groups in total. The van der Waals surface area contributed by atoms with E-state index in [-0.39, 0.29) is 0 Å². The van der Waals surface area contributed by atoms with Crippen LogP contribution >= 0.6 is 0 Å². The molecule has 0 amide bonds. The maximum Gasteiger partial charge on any atom is -0.00518 e. The molecule has 4 aliphatic rings. The van der Waals surface area contributed by atoms with Crippen LogP contribution in [-0.4, -0.2) is 13.6 Å². The Bertz CT molecular complexity index is 487. The quantitative estimate of drug-likeness (QED) is 0.540. The van der Waals surface area contributed by atoms with Crippen molar-refractivity contribution in [1.29, 1.82) is 0 Å². The van der Waals surface area contributed by atoms with Gasteiger partial charge in [-0.15, -0.1) is 0 Å². The van der Waals surface area contributed by atoms with Gasteiger partial charge in [0.2, 0.25) is 0 Å². The van der Waals surface area contributed by atoms with Gasteiger partial charge in [-0.2, -0.15) is 0 Å². The van der Waals surface area contributed by atoms with Gasteiger partial charge in [0.15, 0.2) is 0 Å². The first-order valence-electron chi connectivity index (χ1n) is 12.2. The standard InChI is InChI=1S/C25H45N/c1-5-18-17-20-22-12-11-19(9-8-16-26-4)24(22,2)15-13-23(20)25(3)14-7-6-10-21(18)25/h18-23,26H,5-17H2,1-4H3/t18-,19?,20?,21?,22?,23?,24?,25?/m0/s1. The van der Waals surface area contributed by atoms with E-state index in [2.05, 4.69) is 33.1 Å². The molecule has 1 heteroatoms. The average Bonchev–Trinajstić information content (AvgIpc) is 2.97. The molecule has 0 aliphatic heterocycles. The third-order valence-electron chi connectivity index (χ3n) is 10.5. The molecule has 0 heterocycles. The minimum Gasteiger partial charge on any atom is -0.320 e. The van der Waals surface area contributed by atoms with Crippen molar-refractivity contribution >= 4 is 0 Å². The largest absolute Gasteiger partial charge is 0.320 e. The van der Waals surface area contributed by atoms with E-state index >= 15 is 0 Å². The Morgan fingerprint density at radius 1 is 0.885 bits per heavy atom. The molecule has 4 aliphatic carbocycles. The molecule has 150 valence electrons. The van der Waals surface area contributed by atoms with Crippen molar-refractivity contribution in [3.05, 3.63) is 0 Å². The van der Waals surface area contributed by atoms with Crippen LogP contribution in [0.5, 0.6) is 0 Å². The summed E-state index contributed by atoms with van der Waals surface area (Å²) in [5, 5.41) is 3.37. The Labute approximate surface area is 163 Å². The summed E-state index contributed by atoms with van der Waals surface area (Å²) < 4.78 is 0. The van der Waals surface area contributed by atoms with Crippen LogP contribution in [0, 0.1) is 46.3 Å². The number of rotatable bonds is 5. The van der Waals surface area contributed by atoms with Crippen molar-refractivity contribution in [2.24, 2.45) is 46.3 Å². The fourth-order valence-corrected chi connectivity index (χ4v) is 9.13. The minimum absolute atomic E-state index is 0.672. The Morgan fingerprint density at radius 3 is 2.46 bits per heavy atom. The summed E-state index contributed by atoms with van der Waals surface area (Å²) in [7, 11) is 2.11. The second-order valence-corrected chi connectivity index (χ2v) is 11.2. The first-order chi connectivity index (χ1) is 12.5. The molecule has 1 nitrogen and oxygen atoms in total. The van der Waals surface area contributed by atoms with E-state index in [1.807, 2.05) is 0 Å². The lowest BCUT2D eigenvalue weighted by Crippen LogP contribution is -2.55. The van der Waals surface area contributed by atoms with Crippen molar-refractivity contribution in [2.75, 3.05) is 13.6 Å². The molecule has 26 heavy (non-hydrogen) atoms. The topological polar surface area (TPSA) is 12.0 Å². The lowest BCUT2D eigenvalue weighted by molar-refractivity contribution is -0.135. The molecular weight excluding hydrogens is 314 g/mol. The normalized spacial score (nSPS) is 50.8. The fourth-order valence-electron chi connectivity index (χ4n) is 9.13. The molecule has 4 rings (SSSR count). The summed E-state index contributed by atoms with van der Waals surface area (Å²) >= 11 is 0. The van der Waals surface area contributed by atoms with Gasteiger partial charge >= 0.3 is 0 Å². The maximum atomic E-state index is 3.37. The molecule has 0 spiro atoms. The molecule has 8 atom stereocenters. The van der Waals surface area contributed by atoms with Crippen molar-refractivity contribution in [2.45, 2.75) is 97.8 Å². The SMILES string of the molecule is CC[C@H]1CC2C3CCC(CCCNC)C3(C)CCC2C2(C)CCCCC12. The highest BCUT2D eigenvalue weighted by atomic mass is 14.8. The first-order valence-corrected chi connectivity index (χ1v) is 12.2. The van der Waals surface area contributed by atoms with E-state index in [0.717, 1.165) is 35.5 Å². The highest BCUT2D eigenvalue weighted by Gasteiger charge is 2.60. The van der Waals surface area contributed by atoms with Crippen LogP contribution in [-0.2, 0) is 0 Å². The fraction of sp³-hybridized carbons (Fsp3) is 1.00. The molecule has 0 aromatic heterocycles. The van der Waals surface area contributed by atoms with Crippen molar-refractivity contribution in [3.63, 3.8) is 0 Å². The molecule has 0 radical (unpaired) electrons. The van der Waals surface area contributed by atoms with E-state index in [4.69, 9.17) is 0 Å². The number of hydrogen-bond acceptors (Lipinski definition) is 1. The summed E-state index contributed by atoms with van der Waals surface area (Å²) in [6.07, 6.45) is 18.2. The summed E-state index contributed by atoms with van der Waals surface area (Å²) in [5.41, 5.74) is 1.36. The zero-order valence-electron chi connectivity index (χ0n) is 18.2. The lowest BCUT2D eigenvalue weighted by Gasteiger charge is -2.62. The van der Waals surface area contributed by atoms with Crippen LogP contribution in [0.15, 0.2) is 0 Å². The number of nitrogens with one attached hydrogen (secondary N) is 1. The first kappa shape index (κ1) is 19.3. The van der Waals surface area contributed by atoms with Crippen LogP contribution < -0.4 is 5.32 Å². The molecule has 7 unspecified atom stereocenters. The van der Waals surface area contributed by atoms with E-state index < -0.39 is 0 Å². The van der Waals surface area contributed by atoms with Gasteiger partial charge in [0.1, 0.15) is 0 Å². The molecule has 0 saturated heterocycles. The van der Waals surface area contributed by atoms with Gasteiger partial charge in [0, 0.05) is 0 Å². The van der Waals surface area contributed by atoms with Gasteiger partial charge in [-0.05, 0) is 118 Å². The van der Waals surface area contributed by atoms with Crippen LogP contribution in [0.4, 0.5) is 0 Å². The Kier molecular flexibility index (Phi) is 5.50. The average molecular weight is 360 g/mol. The van der Waals surface area contributed by atoms with Crippen molar-refractivity contribution in [1.82, 2.24) is 5.32 Å². The van der Waals surface area contributed by atoms with Gasteiger partial charge in [0.05, 0.1) is 0 Å². The van der Waals surface area contributed by atoms with Crippen molar-refractivity contribution in [3.8, 4) is 0 Å². The maximum absolute atomic E-state index is 3.37. The summed E-state index contributed by atoms with van der Waals surface area (Å²) in [4.78, 5) is 0. The van der Waals surface area contributed by atoms with Crippen LogP contribution in [0.1, 0.15) is 97.8 Å². The predicted octanol–water partition coefficient (Wildman–Crippen LogP) is 6.67. The van der Waals surface area contributed by atoms with Gasteiger partial charge in [0.25, 0.3) is 0 Å². The van der Waals surface area contributed by atoms with Crippen LogP contribution in [0.3, 0.4) is 0 Å². The minimum atomic E-state index is 0.672. The highest BCUT2D eigenvalue weighted by Crippen LogP contribution is 2.69. The number of fused-ring (bicyclic) bond motifs is 5. The molecule has 0 aromatic carbocycles. The Hall–Kier alpha value is -0.0400. The summed E-state index contributed by atoms with van der Waals surface area (Å²) in [6, 6.07) is 0. The molecule has 4 fully saturated rings. The third-order valence-corrected chi connectivity index (χ3v) is 10.5. The molecule has 0 aromatic rings. The molecule has 4 saturated carbocycles. The molecular formula is C25H45N. The van der Waals surface area contributed by atoms with E-state index in [0.29, 0.717) is 10.8 Å². The highest BCUT2D eigenvalue weighted by molar-refractivity contribution is 5.10. The predicted molar refractivity (Wildman–Crippen MR) is 112 cm³/mol. The van der Waals surface area contributed by atoms with E-state index in [1.54, 1.807) is 38.5 Å². The van der Waals surface area contributed by atoms with Crippen molar-refractivity contribution < 1.29 is 0 Å². The van der Waals surface area contributed by atoms with Gasteiger partial charge in [-0.25, -0.2) is 0 Å². The Morgan fingerprint density at radius 2 is 1.69 bits per heavy atom. The van der Waals surface area contributed by atoms with Crippen LogP contribution in [0.2, 0.25) is 0 Å². The van der Waals surface area contributed by atoms with E-state index in [9.17, 15) is 0 Å². The molecule has 0 bridgehead atoms. The smallest absolute Gasteiger partial charge is 0.00518 e. The number of hydrogen-bond donors (Lipinski definition) is 1.